The molecule has 1 saturated heterocycles. The fourth-order valence-electron chi connectivity index (χ4n) is 4.57. The molecule has 5 rings (SSSR count). The van der Waals surface area contributed by atoms with Gasteiger partial charge in [0.15, 0.2) is 4.96 Å². The van der Waals surface area contributed by atoms with Crippen LogP contribution in [0.2, 0.25) is 0 Å². The number of thiazole rings is 1. The van der Waals surface area contributed by atoms with Gasteiger partial charge < -0.3 is 9.64 Å². The lowest BCUT2D eigenvalue weighted by Crippen LogP contribution is -2.41. The minimum absolute atomic E-state index is 0.214. The molecule has 0 bridgehead atoms. The third-order valence-corrected chi connectivity index (χ3v) is 7.25. The Morgan fingerprint density at radius 2 is 1.94 bits per heavy atom. The molecule has 3 aromatic heterocycles. The molecule has 1 aliphatic heterocycles. The van der Waals surface area contributed by atoms with Crippen LogP contribution >= 0.6 is 11.3 Å². The van der Waals surface area contributed by atoms with Gasteiger partial charge in [0.2, 0.25) is 0 Å². The maximum Gasteiger partial charge on any atom is 0.410 e. The van der Waals surface area contributed by atoms with Gasteiger partial charge in [-0.3, -0.25) is 9.08 Å². The van der Waals surface area contributed by atoms with E-state index >= 15 is 0 Å². The van der Waals surface area contributed by atoms with E-state index in [9.17, 15) is 4.79 Å². The van der Waals surface area contributed by atoms with Crippen LogP contribution in [0.5, 0.6) is 0 Å². The molecule has 0 spiro atoms. The Morgan fingerprint density at radius 3 is 2.61 bits per heavy atom. The maximum absolute atomic E-state index is 12.3. The van der Waals surface area contributed by atoms with Crippen molar-refractivity contribution in [3.05, 3.63) is 42.0 Å². The number of fused-ring (bicyclic) bond motifs is 2. The van der Waals surface area contributed by atoms with Crippen molar-refractivity contribution in [2.24, 2.45) is 7.05 Å². The highest BCUT2D eigenvalue weighted by molar-refractivity contribution is 7.20. The van der Waals surface area contributed by atoms with Gasteiger partial charge in [0.05, 0.1) is 16.1 Å². The first-order valence-electron chi connectivity index (χ1n) is 11.6. The third-order valence-electron chi connectivity index (χ3n) is 6.21. The van der Waals surface area contributed by atoms with Crippen LogP contribution in [-0.4, -0.2) is 48.8 Å². The van der Waals surface area contributed by atoms with Gasteiger partial charge in [-0.15, -0.1) is 0 Å². The fourth-order valence-corrected chi connectivity index (χ4v) is 5.53. The second-order valence-corrected chi connectivity index (χ2v) is 10.9. The molecule has 1 fully saturated rings. The highest BCUT2D eigenvalue weighted by atomic mass is 32.1. The molecular formula is C25H31N5O2S. The van der Waals surface area contributed by atoms with E-state index in [0.29, 0.717) is 19.0 Å². The summed E-state index contributed by atoms with van der Waals surface area (Å²) in [6.45, 7) is 9.31. The number of benzene rings is 1. The molecule has 174 valence electrons. The van der Waals surface area contributed by atoms with E-state index in [1.165, 1.54) is 21.4 Å². The van der Waals surface area contributed by atoms with Crippen molar-refractivity contribution in [3.63, 3.8) is 0 Å². The Hall–Kier alpha value is -2.87. The van der Waals surface area contributed by atoms with Crippen LogP contribution in [0.3, 0.4) is 0 Å². The zero-order valence-electron chi connectivity index (χ0n) is 20.0. The number of likely N-dealkylation sites (tertiary alicyclic amines) is 1. The number of aromatic nitrogens is 4. The summed E-state index contributed by atoms with van der Waals surface area (Å²) < 4.78 is 9.55. The molecule has 0 aliphatic carbocycles. The first kappa shape index (κ1) is 21.9. The largest absolute Gasteiger partial charge is 0.444 e. The molecule has 4 heterocycles. The van der Waals surface area contributed by atoms with E-state index in [1.54, 1.807) is 11.3 Å². The summed E-state index contributed by atoms with van der Waals surface area (Å²) in [7, 11) is 1.97. The van der Waals surface area contributed by atoms with Crippen LogP contribution in [0.4, 0.5) is 4.79 Å². The van der Waals surface area contributed by atoms with E-state index in [1.807, 2.05) is 37.4 Å². The number of hydrogen-bond acceptors (Lipinski definition) is 5. The Balaban J connectivity index is 1.33. The minimum Gasteiger partial charge on any atom is -0.444 e. The number of aryl methyl sites for hydroxylation is 2. The van der Waals surface area contributed by atoms with Gasteiger partial charge in [-0.1, -0.05) is 18.3 Å². The van der Waals surface area contributed by atoms with Crippen LogP contribution in [0.25, 0.3) is 26.3 Å². The number of piperidine rings is 1. The quantitative estimate of drug-likeness (QED) is 0.394. The summed E-state index contributed by atoms with van der Waals surface area (Å²) in [5, 5.41) is 5.79. The number of hydrogen-bond donors (Lipinski definition) is 0. The smallest absolute Gasteiger partial charge is 0.410 e. The summed E-state index contributed by atoms with van der Waals surface area (Å²) in [5.74, 6) is 0.373. The summed E-state index contributed by atoms with van der Waals surface area (Å²) in [6.07, 6.45) is 8.99. The Labute approximate surface area is 198 Å². The number of imidazole rings is 1. The number of amides is 1. The van der Waals surface area contributed by atoms with Gasteiger partial charge in [0.25, 0.3) is 0 Å². The number of carbonyl (C=O) groups excluding carboxylic acids is 1. The molecule has 8 heteroatoms. The third kappa shape index (κ3) is 4.36. The number of nitrogens with zero attached hydrogens (tertiary/aromatic N) is 5. The molecule has 1 amide bonds. The van der Waals surface area contributed by atoms with Crippen molar-refractivity contribution in [1.82, 2.24) is 24.1 Å². The standard InChI is InChI=1S/C25H31N5O2S/c1-6-16-11-18(12-19-13-28(5)27-22(16)19)21-15-30-14-20(26-23(30)33-21)17-7-9-29(10-8-17)24(31)32-25(2,3)4/h11-15,17H,6-10H2,1-5H3. The monoisotopic (exact) mass is 465 g/mol. The van der Waals surface area contributed by atoms with Gasteiger partial charge in [0.1, 0.15) is 5.60 Å². The Kier molecular flexibility index (Phi) is 5.43. The van der Waals surface area contributed by atoms with Crippen LogP contribution in [0.15, 0.2) is 30.7 Å². The lowest BCUT2D eigenvalue weighted by Gasteiger charge is -2.32. The van der Waals surface area contributed by atoms with E-state index in [0.717, 1.165) is 35.4 Å². The highest BCUT2D eigenvalue weighted by Gasteiger charge is 2.28. The van der Waals surface area contributed by atoms with Crippen molar-refractivity contribution in [1.29, 1.82) is 0 Å². The number of ether oxygens (including phenoxy) is 1. The van der Waals surface area contributed by atoms with Gasteiger partial charge in [-0.05, 0) is 63.3 Å². The van der Waals surface area contributed by atoms with Crippen molar-refractivity contribution in [2.75, 3.05) is 13.1 Å². The first-order chi connectivity index (χ1) is 15.7. The summed E-state index contributed by atoms with van der Waals surface area (Å²) in [6, 6.07) is 4.48. The van der Waals surface area contributed by atoms with Crippen molar-refractivity contribution in [3.8, 4) is 10.4 Å². The van der Waals surface area contributed by atoms with E-state index in [4.69, 9.17) is 9.72 Å². The van der Waals surface area contributed by atoms with E-state index in [-0.39, 0.29) is 6.09 Å². The second kappa shape index (κ2) is 8.17. The summed E-state index contributed by atoms with van der Waals surface area (Å²) >= 11 is 1.72. The average Bonchev–Trinajstić information content (AvgIpc) is 3.43. The molecule has 4 aromatic rings. The van der Waals surface area contributed by atoms with Crippen molar-refractivity contribution in [2.45, 2.75) is 58.5 Å². The number of rotatable bonds is 3. The van der Waals surface area contributed by atoms with Crippen LogP contribution in [0, 0.1) is 0 Å². The zero-order valence-corrected chi connectivity index (χ0v) is 20.8. The minimum atomic E-state index is -0.459. The molecule has 1 aliphatic rings. The fraction of sp³-hybridized carbons (Fsp3) is 0.480. The van der Waals surface area contributed by atoms with Crippen molar-refractivity contribution < 1.29 is 9.53 Å². The SMILES string of the molecule is CCc1cc(-c2cn3cc(C4CCN(C(=O)OC(C)(C)C)CC4)nc3s2)cc2cn(C)nc12. The molecular weight excluding hydrogens is 434 g/mol. The topological polar surface area (TPSA) is 64.7 Å². The van der Waals surface area contributed by atoms with Gasteiger partial charge in [-0.25, -0.2) is 9.78 Å². The van der Waals surface area contributed by atoms with Gasteiger partial charge in [-0.2, -0.15) is 5.10 Å². The van der Waals surface area contributed by atoms with Crippen LogP contribution < -0.4 is 0 Å². The van der Waals surface area contributed by atoms with Crippen LogP contribution in [-0.2, 0) is 18.2 Å². The molecule has 0 unspecified atom stereocenters. The zero-order chi connectivity index (χ0) is 23.3. The van der Waals surface area contributed by atoms with Crippen LogP contribution in [0.1, 0.15) is 57.7 Å². The Morgan fingerprint density at radius 1 is 1.18 bits per heavy atom. The molecule has 33 heavy (non-hydrogen) atoms. The summed E-state index contributed by atoms with van der Waals surface area (Å²) in [4.78, 5) is 21.3. The molecule has 7 nitrogen and oxygen atoms in total. The Bertz CT molecular complexity index is 1290. The van der Waals surface area contributed by atoms with E-state index < -0.39 is 5.60 Å². The van der Waals surface area contributed by atoms with Gasteiger partial charge >= 0.3 is 6.09 Å². The van der Waals surface area contributed by atoms with Crippen molar-refractivity contribution >= 4 is 33.3 Å². The van der Waals surface area contributed by atoms with Gasteiger partial charge in [0, 0.05) is 50.0 Å². The highest BCUT2D eigenvalue weighted by Crippen LogP contribution is 2.35. The predicted octanol–water partition coefficient (Wildman–Crippen LogP) is 5.63. The molecule has 0 N–H and O–H groups in total. The molecule has 1 aromatic carbocycles. The van der Waals surface area contributed by atoms with E-state index in [2.05, 4.69) is 47.1 Å². The first-order valence-corrected chi connectivity index (χ1v) is 12.4. The summed E-state index contributed by atoms with van der Waals surface area (Å²) in [5.41, 5.74) is 4.24. The lowest BCUT2D eigenvalue weighted by atomic mass is 9.94. The average molecular weight is 466 g/mol. The molecule has 0 radical (unpaired) electrons. The normalized spacial score (nSPS) is 15.6. The second-order valence-electron chi connectivity index (χ2n) is 9.92. The lowest BCUT2D eigenvalue weighted by molar-refractivity contribution is 0.0204. The molecule has 0 saturated carbocycles. The number of carbonyl (C=O) groups is 1. The molecule has 0 atom stereocenters. The predicted molar refractivity (Wildman–Crippen MR) is 132 cm³/mol. The maximum atomic E-state index is 12.3.